The number of nitrogens with zero attached hydrogens (tertiary/aromatic N) is 1. The second kappa shape index (κ2) is 5.89. The van der Waals surface area contributed by atoms with Gasteiger partial charge in [0.25, 0.3) is 5.91 Å². The number of rotatable bonds is 3. The first-order chi connectivity index (χ1) is 11.6. The Bertz CT molecular complexity index is 741. The summed E-state index contributed by atoms with van der Waals surface area (Å²) in [5.41, 5.74) is 2.05. The molecule has 1 fully saturated rings. The van der Waals surface area contributed by atoms with Gasteiger partial charge < -0.3 is 19.4 Å². The number of H-pyrrole nitrogens is 1. The summed E-state index contributed by atoms with van der Waals surface area (Å²) in [7, 11) is 0. The van der Waals surface area contributed by atoms with E-state index in [1.165, 1.54) is 5.56 Å². The molecular weight excluding hydrogens is 304 g/mol. The van der Waals surface area contributed by atoms with Crippen molar-refractivity contribution >= 4 is 5.91 Å². The van der Waals surface area contributed by atoms with E-state index in [0.717, 1.165) is 49.4 Å². The van der Waals surface area contributed by atoms with Gasteiger partial charge in [-0.25, -0.2) is 0 Å². The molecule has 0 unspecified atom stereocenters. The van der Waals surface area contributed by atoms with Crippen LogP contribution in [0, 0.1) is 5.41 Å². The Morgan fingerprint density at radius 3 is 3.00 bits per heavy atom. The smallest absolute Gasteiger partial charge is 0.255 e. The molecule has 2 aromatic rings. The van der Waals surface area contributed by atoms with Crippen molar-refractivity contribution in [1.82, 2.24) is 9.88 Å². The Balaban J connectivity index is 1.49. The molecule has 126 valence electrons. The van der Waals surface area contributed by atoms with Gasteiger partial charge in [0.15, 0.2) is 11.5 Å². The van der Waals surface area contributed by atoms with Crippen molar-refractivity contribution in [3.63, 3.8) is 0 Å². The molecule has 1 N–H and O–H groups in total. The maximum atomic E-state index is 12.6. The van der Waals surface area contributed by atoms with Crippen molar-refractivity contribution in [2.45, 2.75) is 26.2 Å². The Morgan fingerprint density at radius 2 is 2.17 bits per heavy atom. The van der Waals surface area contributed by atoms with Gasteiger partial charge in [-0.15, -0.1) is 0 Å². The van der Waals surface area contributed by atoms with Gasteiger partial charge in [0, 0.05) is 25.5 Å². The van der Waals surface area contributed by atoms with E-state index in [9.17, 15) is 4.79 Å². The number of hydrogen-bond donors (Lipinski definition) is 1. The quantitative estimate of drug-likeness (QED) is 0.942. The summed E-state index contributed by atoms with van der Waals surface area (Å²) in [4.78, 5) is 17.6. The van der Waals surface area contributed by atoms with Crippen molar-refractivity contribution in [2.24, 2.45) is 5.41 Å². The molecule has 0 radical (unpaired) electrons. The molecule has 1 aromatic heterocycles. The highest BCUT2D eigenvalue weighted by Gasteiger charge is 2.34. The van der Waals surface area contributed by atoms with Crippen LogP contribution in [-0.4, -0.2) is 35.7 Å². The van der Waals surface area contributed by atoms with Gasteiger partial charge in [-0.1, -0.05) is 13.0 Å². The average Bonchev–Trinajstić information content (AvgIpc) is 3.25. The van der Waals surface area contributed by atoms with Gasteiger partial charge in [-0.3, -0.25) is 4.79 Å². The fraction of sp³-hybridized carbons (Fsp3) is 0.421. The number of aromatic amines is 1. The van der Waals surface area contributed by atoms with Gasteiger partial charge in [-0.05, 0) is 48.4 Å². The zero-order chi connectivity index (χ0) is 16.6. The molecule has 5 heteroatoms. The lowest BCUT2D eigenvalue weighted by atomic mass is 9.77. The Labute approximate surface area is 141 Å². The zero-order valence-corrected chi connectivity index (χ0v) is 13.9. The van der Waals surface area contributed by atoms with E-state index >= 15 is 0 Å². The molecule has 2 aliphatic rings. The van der Waals surface area contributed by atoms with Gasteiger partial charge in [-0.2, -0.15) is 0 Å². The van der Waals surface area contributed by atoms with Crippen molar-refractivity contribution in [3.05, 3.63) is 47.8 Å². The molecule has 0 aliphatic carbocycles. The highest BCUT2D eigenvalue weighted by molar-refractivity contribution is 5.94. The maximum absolute atomic E-state index is 12.6. The number of ether oxygens (including phenoxy) is 2. The van der Waals surface area contributed by atoms with E-state index in [1.54, 1.807) is 12.4 Å². The Morgan fingerprint density at radius 1 is 1.29 bits per heavy atom. The molecule has 1 saturated heterocycles. The second-order valence-electron chi connectivity index (χ2n) is 7.10. The number of benzene rings is 1. The minimum atomic E-state index is 0.0813. The fourth-order valence-corrected chi connectivity index (χ4v) is 3.82. The lowest BCUT2D eigenvalue weighted by molar-refractivity contribution is 0.0551. The van der Waals surface area contributed by atoms with Crippen molar-refractivity contribution in [2.75, 3.05) is 19.9 Å². The third-order valence-electron chi connectivity index (χ3n) is 4.98. The summed E-state index contributed by atoms with van der Waals surface area (Å²) < 4.78 is 10.9. The minimum absolute atomic E-state index is 0.0813. The normalized spacial score (nSPS) is 22.6. The topological polar surface area (TPSA) is 54.6 Å². The lowest BCUT2D eigenvalue weighted by Crippen LogP contribution is -2.45. The molecule has 2 aliphatic heterocycles. The standard InChI is InChI=1S/C19H22N2O3/c1-19(10-14-3-4-16-17(9-14)24-13-23-16)6-2-8-21(12-19)18(22)15-5-7-20-11-15/h3-5,7,9,11,20H,2,6,8,10,12-13H2,1H3/t19-/m0/s1. The molecule has 0 spiro atoms. The monoisotopic (exact) mass is 326 g/mol. The van der Waals surface area contributed by atoms with E-state index < -0.39 is 0 Å². The van der Waals surface area contributed by atoms with E-state index in [4.69, 9.17) is 9.47 Å². The first-order valence-electron chi connectivity index (χ1n) is 8.44. The summed E-state index contributed by atoms with van der Waals surface area (Å²) in [6.07, 6.45) is 6.66. The number of nitrogens with one attached hydrogen (secondary N) is 1. The van der Waals surface area contributed by atoms with Gasteiger partial charge in [0.1, 0.15) is 0 Å². The third kappa shape index (κ3) is 2.86. The Kier molecular flexibility index (Phi) is 3.71. The minimum Gasteiger partial charge on any atom is -0.454 e. The van der Waals surface area contributed by atoms with E-state index in [0.29, 0.717) is 6.79 Å². The van der Waals surface area contributed by atoms with E-state index in [1.807, 2.05) is 17.0 Å². The number of fused-ring (bicyclic) bond motifs is 1. The number of hydrogen-bond acceptors (Lipinski definition) is 3. The molecule has 1 amide bonds. The molecule has 1 atom stereocenters. The maximum Gasteiger partial charge on any atom is 0.255 e. The van der Waals surface area contributed by atoms with Crippen molar-refractivity contribution in [3.8, 4) is 11.5 Å². The first-order valence-corrected chi connectivity index (χ1v) is 8.44. The van der Waals surface area contributed by atoms with Gasteiger partial charge >= 0.3 is 0 Å². The van der Waals surface area contributed by atoms with Crippen LogP contribution in [0.4, 0.5) is 0 Å². The SMILES string of the molecule is C[C@@]1(Cc2ccc3c(c2)OCO3)CCCN(C(=O)c2cc[nH]c2)C1. The third-order valence-corrected chi connectivity index (χ3v) is 4.98. The number of piperidine rings is 1. The van der Waals surface area contributed by atoms with Crippen LogP contribution in [0.2, 0.25) is 0 Å². The highest BCUT2D eigenvalue weighted by atomic mass is 16.7. The number of carbonyl (C=O) groups is 1. The Hall–Kier alpha value is -2.43. The second-order valence-corrected chi connectivity index (χ2v) is 7.10. The van der Waals surface area contributed by atoms with Crippen LogP contribution in [0.1, 0.15) is 35.7 Å². The molecule has 1 aromatic carbocycles. The zero-order valence-electron chi connectivity index (χ0n) is 13.9. The summed E-state index contributed by atoms with van der Waals surface area (Å²) >= 11 is 0. The lowest BCUT2D eigenvalue weighted by Gasteiger charge is -2.40. The van der Waals surface area contributed by atoms with Crippen molar-refractivity contribution < 1.29 is 14.3 Å². The highest BCUT2D eigenvalue weighted by Crippen LogP contribution is 2.37. The van der Waals surface area contributed by atoms with Crippen LogP contribution in [0.15, 0.2) is 36.7 Å². The summed E-state index contributed by atoms with van der Waals surface area (Å²) in [5.74, 6) is 1.76. The van der Waals surface area contributed by atoms with E-state index in [-0.39, 0.29) is 11.3 Å². The molecular formula is C19H22N2O3. The van der Waals surface area contributed by atoms with Crippen LogP contribution in [0.3, 0.4) is 0 Å². The van der Waals surface area contributed by atoms with E-state index in [2.05, 4.69) is 24.0 Å². The number of aromatic nitrogens is 1. The summed E-state index contributed by atoms with van der Waals surface area (Å²) in [6, 6.07) is 7.99. The molecule has 4 rings (SSSR count). The first kappa shape index (κ1) is 15.1. The summed E-state index contributed by atoms with van der Waals surface area (Å²) in [5, 5.41) is 0. The number of amides is 1. The van der Waals surface area contributed by atoms with Crippen molar-refractivity contribution in [1.29, 1.82) is 0 Å². The van der Waals surface area contributed by atoms with Crippen LogP contribution in [0.25, 0.3) is 0 Å². The molecule has 3 heterocycles. The summed E-state index contributed by atoms with van der Waals surface area (Å²) in [6.45, 7) is 4.19. The molecule has 0 saturated carbocycles. The van der Waals surface area contributed by atoms with Gasteiger partial charge in [0.05, 0.1) is 5.56 Å². The molecule has 5 nitrogen and oxygen atoms in total. The largest absolute Gasteiger partial charge is 0.454 e. The van der Waals surface area contributed by atoms with Crippen LogP contribution < -0.4 is 9.47 Å². The number of likely N-dealkylation sites (tertiary alicyclic amines) is 1. The number of carbonyl (C=O) groups excluding carboxylic acids is 1. The predicted molar refractivity (Wildman–Crippen MR) is 90.3 cm³/mol. The fourth-order valence-electron chi connectivity index (χ4n) is 3.82. The van der Waals surface area contributed by atoms with Crippen LogP contribution in [0.5, 0.6) is 11.5 Å². The van der Waals surface area contributed by atoms with Crippen LogP contribution >= 0.6 is 0 Å². The molecule has 24 heavy (non-hydrogen) atoms. The molecule has 0 bridgehead atoms. The average molecular weight is 326 g/mol. The van der Waals surface area contributed by atoms with Gasteiger partial charge in [0.2, 0.25) is 6.79 Å². The predicted octanol–water partition coefficient (Wildman–Crippen LogP) is 3.23. The van der Waals surface area contributed by atoms with Crippen LogP contribution in [-0.2, 0) is 6.42 Å².